The third-order valence-corrected chi connectivity index (χ3v) is 11.4. The van der Waals surface area contributed by atoms with E-state index < -0.39 is 23.9 Å². The predicted molar refractivity (Wildman–Crippen MR) is 128 cm³/mol. The van der Waals surface area contributed by atoms with Gasteiger partial charge in [0.25, 0.3) is 0 Å². The molecule has 190 valence electrons. The van der Waals surface area contributed by atoms with E-state index in [1.54, 1.807) is 7.11 Å². The summed E-state index contributed by atoms with van der Waals surface area (Å²) in [6.07, 6.45) is 5.53. The zero-order chi connectivity index (χ0) is 24.8. The summed E-state index contributed by atoms with van der Waals surface area (Å²) >= 11 is 0. The number of ether oxygens (including phenoxy) is 2. The molecule has 0 spiro atoms. The van der Waals surface area contributed by atoms with Crippen LogP contribution in [-0.2, 0) is 19.1 Å². The highest BCUT2D eigenvalue weighted by Gasteiger charge is 2.70. The van der Waals surface area contributed by atoms with Crippen molar-refractivity contribution in [3.05, 3.63) is 11.1 Å². The molecule has 1 amide bonds. The number of carbonyl (C=O) groups excluding carboxylic acids is 2. The quantitative estimate of drug-likeness (QED) is 0.582. The third kappa shape index (κ3) is 3.00. The molecule has 0 bridgehead atoms. The van der Waals surface area contributed by atoms with Crippen LogP contribution in [0.1, 0.15) is 86.5 Å². The molecule has 1 aliphatic heterocycles. The van der Waals surface area contributed by atoms with Gasteiger partial charge in [0, 0.05) is 30.6 Å². The van der Waals surface area contributed by atoms with Crippen molar-refractivity contribution in [1.82, 2.24) is 5.32 Å². The Labute approximate surface area is 204 Å². The van der Waals surface area contributed by atoms with Gasteiger partial charge >= 0.3 is 5.97 Å². The highest BCUT2D eigenvalue weighted by molar-refractivity contribution is 5.99. The molecule has 0 aromatic rings. The minimum Gasteiger partial charge on any atom is -0.462 e. The van der Waals surface area contributed by atoms with Gasteiger partial charge in [-0.25, -0.2) is 0 Å². The van der Waals surface area contributed by atoms with E-state index in [2.05, 4.69) is 39.9 Å². The Kier molecular flexibility index (Phi) is 5.40. The van der Waals surface area contributed by atoms with E-state index in [0.29, 0.717) is 34.8 Å². The van der Waals surface area contributed by atoms with E-state index >= 15 is 0 Å². The van der Waals surface area contributed by atoms with Gasteiger partial charge in [-0.2, -0.15) is 0 Å². The first-order chi connectivity index (χ1) is 15.8. The van der Waals surface area contributed by atoms with Gasteiger partial charge in [0.2, 0.25) is 5.91 Å². The Morgan fingerprint density at radius 1 is 1.00 bits per heavy atom. The molecule has 0 aromatic carbocycles. The number of methoxy groups -OCH3 is 1. The molecule has 5 aliphatic rings. The first-order valence-corrected chi connectivity index (χ1v) is 13.2. The second kappa shape index (κ2) is 7.55. The van der Waals surface area contributed by atoms with Crippen LogP contribution in [0.3, 0.4) is 0 Å². The number of aliphatic hydroxyl groups excluding tert-OH is 1. The molecular weight excluding hydrogens is 430 g/mol. The number of carbonyl (C=O) groups is 2. The number of rotatable bonds is 2. The Bertz CT molecular complexity index is 941. The van der Waals surface area contributed by atoms with Gasteiger partial charge in [-0.15, -0.1) is 0 Å². The van der Waals surface area contributed by atoms with Gasteiger partial charge in [-0.1, -0.05) is 41.0 Å². The second-order valence-electron chi connectivity index (χ2n) is 13.3. The summed E-state index contributed by atoms with van der Waals surface area (Å²) in [6, 6.07) is 0. The van der Waals surface area contributed by atoms with Crippen LogP contribution in [0.2, 0.25) is 0 Å². The lowest BCUT2D eigenvalue weighted by Crippen LogP contribution is -2.66. The van der Waals surface area contributed by atoms with E-state index in [1.807, 2.05) is 0 Å². The normalized spacial score (nSPS) is 49.4. The van der Waals surface area contributed by atoms with Crippen LogP contribution < -0.4 is 5.32 Å². The van der Waals surface area contributed by atoms with Gasteiger partial charge in [-0.3, -0.25) is 9.59 Å². The number of nitrogens with one attached hydrogen (secondary N) is 1. The van der Waals surface area contributed by atoms with Crippen molar-refractivity contribution < 1.29 is 24.2 Å². The highest BCUT2D eigenvalue weighted by atomic mass is 16.5. The third-order valence-electron chi connectivity index (χ3n) is 11.4. The maximum absolute atomic E-state index is 13.4. The zero-order valence-corrected chi connectivity index (χ0v) is 22.0. The minimum absolute atomic E-state index is 0.0426. The predicted octanol–water partition coefficient (Wildman–Crippen LogP) is 4.36. The first kappa shape index (κ1) is 24.3. The molecule has 34 heavy (non-hydrogen) atoms. The van der Waals surface area contributed by atoms with E-state index in [-0.39, 0.29) is 28.6 Å². The standard InChI is InChI=1S/C28H43NO5/c1-15(30)34-20-14-18-26(4)11-8-10-25(2,3)17(26)9-12-27(18,5)19-13-16(31)21-22(28(19,20)6)23(32)29-24(21)33-7/h16-20,24,31H,8-14H2,1-7H3,(H,29,32)/t16-,17+,18-,19+,20-,24-,26+,27-,28-/m1/s1. The van der Waals surface area contributed by atoms with Gasteiger partial charge in [-0.05, 0) is 72.5 Å². The second-order valence-corrected chi connectivity index (χ2v) is 13.3. The Hall–Kier alpha value is -1.40. The molecule has 0 saturated heterocycles. The van der Waals surface area contributed by atoms with E-state index in [9.17, 15) is 14.7 Å². The lowest BCUT2D eigenvalue weighted by atomic mass is 9.35. The molecule has 6 heteroatoms. The summed E-state index contributed by atoms with van der Waals surface area (Å²) < 4.78 is 11.7. The molecule has 3 fully saturated rings. The summed E-state index contributed by atoms with van der Waals surface area (Å²) in [5, 5.41) is 14.3. The van der Waals surface area contributed by atoms with E-state index in [0.717, 1.165) is 12.8 Å². The van der Waals surface area contributed by atoms with Crippen LogP contribution in [0.25, 0.3) is 0 Å². The molecular formula is C28H43NO5. The monoisotopic (exact) mass is 473 g/mol. The Morgan fingerprint density at radius 2 is 1.68 bits per heavy atom. The molecule has 4 aliphatic carbocycles. The largest absolute Gasteiger partial charge is 0.462 e. The SMILES string of the molecule is CO[C@H]1NC(=O)C2=C1[C@H](O)C[C@H]1[C@]3(C)CC[C@H]4C(C)(C)CCC[C@]4(C)[C@H]3C[C@@H](OC(C)=O)[C@]21C. The zero-order valence-electron chi connectivity index (χ0n) is 22.0. The number of hydrogen-bond acceptors (Lipinski definition) is 5. The van der Waals surface area contributed by atoms with Crippen molar-refractivity contribution in [1.29, 1.82) is 0 Å². The summed E-state index contributed by atoms with van der Waals surface area (Å²) in [6.45, 7) is 13.4. The molecule has 0 unspecified atom stereocenters. The number of amides is 1. The average Bonchev–Trinajstić information content (AvgIpc) is 3.08. The fourth-order valence-corrected chi connectivity index (χ4v) is 10.2. The fraction of sp³-hybridized carbons (Fsp3) is 0.857. The lowest BCUT2D eigenvalue weighted by Gasteiger charge is -2.70. The van der Waals surface area contributed by atoms with Crippen molar-refractivity contribution in [2.24, 2.45) is 39.4 Å². The molecule has 5 rings (SSSR count). The molecule has 6 nitrogen and oxygen atoms in total. The topological polar surface area (TPSA) is 84.9 Å². The summed E-state index contributed by atoms with van der Waals surface area (Å²) in [4.78, 5) is 25.7. The van der Waals surface area contributed by atoms with Gasteiger partial charge in [0.15, 0.2) is 6.23 Å². The van der Waals surface area contributed by atoms with Crippen molar-refractivity contribution in [3.63, 3.8) is 0 Å². The van der Waals surface area contributed by atoms with Crippen molar-refractivity contribution in [2.75, 3.05) is 7.11 Å². The smallest absolute Gasteiger partial charge is 0.302 e. The summed E-state index contributed by atoms with van der Waals surface area (Å²) in [5.74, 6) is 0.555. The number of aliphatic hydroxyl groups is 1. The maximum atomic E-state index is 13.4. The summed E-state index contributed by atoms with van der Waals surface area (Å²) in [7, 11) is 1.55. The van der Waals surface area contributed by atoms with E-state index in [4.69, 9.17) is 9.47 Å². The van der Waals surface area contributed by atoms with Crippen LogP contribution in [0.15, 0.2) is 11.1 Å². The minimum atomic E-state index is -0.737. The van der Waals surface area contributed by atoms with Crippen LogP contribution in [0.4, 0.5) is 0 Å². The van der Waals surface area contributed by atoms with Gasteiger partial charge in [0.1, 0.15) is 6.10 Å². The number of hydrogen-bond donors (Lipinski definition) is 2. The molecule has 3 saturated carbocycles. The average molecular weight is 474 g/mol. The molecule has 0 radical (unpaired) electrons. The highest BCUT2D eigenvalue weighted by Crippen LogP contribution is 2.73. The van der Waals surface area contributed by atoms with Crippen molar-refractivity contribution in [2.45, 2.75) is 105 Å². The molecule has 1 heterocycles. The summed E-state index contributed by atoms with van der Waals surface area (Å²) in [5.41, 5.74) is 0.992. The number of fused-ring (bicyclic) bond motifs is 6. The molecule has 0 aromatic heterocycles. The van der Waals surface area contributed by atoms with Gasteiger partial charge in [0.05, 0.1) is 6.10 Å². The molecule has 2 N–H and O–H groups in total. The Balaban J connectivity index is 1.67. The van der Waals surface area contributed by atoms with Crippen molar-refractivity contribution >= 4 is 11.9 Å². The van der Waals surface area contributed by atoms with Crippen LogP contribution >= 0.6 is 0 Å². The van der Waals surface area contributed by atoms with Crippen LogP contribution in [0.5, 0.6) is 0 Å². The Morgan fingerprint density at radius 3 is 2.32 bits per heavy atom. The first-order valence-electron chi connectivity index (χ1n) is 13.2. The fourth-order valence-electron chi connectivity index (χ4n) is 10.2. The maximum Gasteiger partial charge on any atom is 0.302 e. The van der Waals surface area contributed by atoms with Crippen molar-refractivity contribution in [3.8, 4) is 0 Å². The van der Waals surface area contributed by atoms with E-state index in [1.165, 1.54) is 32.6 Å². The van der Waals surface area contributed by atoms with Gasteiger partial charge < -0.3 is 19.9 Å². The molecule has 9 atom stereocenters. The number of esters is 1. The lowest BCUT2D eigenvalue weighted by molar-refractivity contribution is -0.229. The van der Waals surface area contributed by atoms with Crippen LogP contribution in [0, 0.1) is 39.4 Å². The van der Waals surface area contributed by atoms with Crippen LogP contribution in [-0.4, -0.2) is 42.5 Å².